The number of carbonyl (C=O) groups excluding carboxylic acids is 2. The van der Waals surface area contributed by atoms with Crippen molar-refractivity contribution in [3.63, 3.8) is 0 Å². The Balaban J connectivity index is 1.43. The van der Waals surface area contributed by atoms with E-state index in [4.69, 9.17) is 17.3 Å². The Labute approximate surface area is 159 Å². The van der Waals surface area contributed by atoms with Crippen molar-refractivity contribution in [2.45, 2.75) is 31.7 Å². The molecule has 2 aliphatic rings. The zero-order valence-corrected chi connectivity index (χ0v) is 15.8. The zero-order chi connectivity index (χ0) is 18.5. The first-order valence-corrected chi connectivity index (χ1v) is 9.72. The van der Waals surface area contributed by atoms with Gasteiger partial charge in [-0.05, 0) is 37.5 Å². The first kappa shape index (κ1) is 19.0. The smallest absolute Gasteiger partial charge is 0.242 e. The molecule has 1 heterocycles. The molecule has 0 bridgehead atoms. The molecule has 0 spiro atoms. The third kappa shape index (κ3) is 4.89. The Bertz CT molecular complexity index is 646. The second-order valence-corrected chi connectivity index (χ2v) is 7.63. The minimum atomic E-state index is -0.0498. The van der Waals surface area contributed by atoms with Crippen LogP contribution in [0.5, 0.6) is 0 Å². The number of nitrogens with two attached hydrogens (primary N) is 1. The van der Waals surface area contributed by atoms with Crippen molar-refractivity contribution in [3.05, 3.63) is 29.3 Å². The summed E-state index contributed by atoms with van der Waals surface area (Å²) >= 11 is 6.05. The minimum Gasteiger partial charge on any atom is -0.368 e. The summed E-state index contributed by atoms with van der Waals surface area (Å²) in [6.07, 6.45) is 3.56. The third-order valence-corrected chi connectivity index (χ3v) is 5.54. The fourth-order valence-electron chi connectivity index (χ4n) is 3.77. The number of nitrogens with one attached hydrogen (secondary N) is 1. The molecule has 3 N–H and O–H groups in total. The second-order valence-electron chi connectivity index (χ2n) is 7.19. The Morgan fingerprint density at radius 1 is 1.19 bits per heavy atom. The fourth-order valence-corrected chi connectivity index (χ4v) is 3.96. The highest BCUT2D eigenvalue weighted by Gasteiger charge is 2.26. The second kappa shape index (κ2) is 8.73. The van der Waals surface area contributed by atoms with Crippen LogP contribution in [0.15, 0.2) is 24.3 Å². The molecule has 3 rings (SSSR count). The summed E-state index contributed by atoms with van der Waals surface area (Å²) in [7, 11) is 0. The van der Waals surface area contributed by atoms with Gasteiger partial charge in [0.2, 0.25) is 11.8 Å². The van der Waals surface area contributed by atoms with Crippen molar-refractivity contribution >= 4 is 29.1 Å². The van der Waals surface area contributed by atoms with Gasteiger partial charge in [-0.25, -0.2) is 0 Å². The van der Waals surface area contributed by atoms with E-state index in [-0.39, 0.29) is 30.3 Å². The molecule has 1 aromatic carbocycles. The van der Waals surface area contributed by atoms with E-state index in [1.54, 1.807) is 0 Å². The number of nitrogens with zero attached hydrogens (tertiary/aromatic N) is 2. The van der Waals surface area contributed by atoms with Gasteiger partial charge in [0.25, 0.3) is 0 Å². The lowest BCUT2D eigenvalue weighted by atomic mass is 9.85. The normalized spacial score (nSPS) is 23.6. The lowest BCUT2D eigenvalue weighted by Crippen LogP contribution is -2.51. The molecule has 2 fully saturated rings. The number of piperazine rings is 1. The first-order valence-electron chi connectivity index (χ1n) is 9.34. The molecule has 1 saturated heterocycles. The molecule has 0 radical (unpaired) electrons. The molecule has 26 heavy (non-hydrogen) atoms. The standard InChI is InChI=1S/C19H27ClN4O2/c20-15-4-2-6-17(12-15)23-7-9-24(10-8-23)18(25)13-22-19(26)14-3-1-5-16(21)11-14/h2,4,6,12,14,16H,1,3,5,7-11,13,21H2,(H,22,26). The molecule has 6 nitrogen and oxygen atoms in total. The summed E-state index contributed by atoms with van der Waals surface area (Å²) < 4.78 is 0. The average Bonchev–Trinajstić information content (AvgIpc) is 2.66. The van der Waals surface area contributed by atoms with Crippen molar-refractivity contribution in [3.8, 4) is 0 Å². The molecule has 142 valence electrons. The number of amides is 2. The number of rotatable bonds is 4. The maximum atomic E-state index is 12.4. The van der Waals surface area contributed by atoms with Crippen LogP contribution < -0.4 is 16.0 Å². The van der Waals surface area contributed by atoms with Crippen LogP contribution >= 0.6 is 11.6 Å². The first-order chi connectivity index (χ1) is 12.5. The van der Waals surface area contributed by atoms with Crippen molar-refractivity contribution in [2.75, 3.05) is 37.6 Å². The van der Waals surface area contributed by atoms with Crippen LogP contribution in [0.4, 0.5) is 5.69 Å². The van der Waals surface area contributed by atoms with Crippen molar-refractivity contribution in [1.29, 1.82) is 0 Å². The molecule has 1 aliphatic carbocycles. The Morgan fingerprint density at radius 3 is 2.65 bits per heavy atom. The van der Waals surface area contributed by atoms with Gasteiger partial charge < -0.3 is 20.9 Å². The topological polar surface area (TPSA) is 78.7 Å². The number of halogens is 1. The monoisotopic (exact) mass is 378 g/mol. The zero-order valence-electron chi connectivity index (χ0n) is 15.0. The van der Waals surface area contributed by atoms with Gasteiger partial charge in [0.15, 0.2) is 0 Å². The highest BCUT2D eigenvalue weighted by molar-refractivity contribution is 6.30. The number of benzene rings is 1. The molecule has 2 unspecified atom stereocenters. The lowest BCUT2D eigenvalue weighted by molar-refractivity contribution is -0.134. The fraction of sp³-hybridized carbons (Fsp3) is 0.579. The van der Waals surface area contributed by atoms with E-state index in [2.05, 4.69) is 10.2 Å². The third-order valence-electron chi connectivity index (χ3n) is 5.31. The van der Waals surface area contributed by atoms with E-state index in [0.717, 1.165) is 44.5 Å². The highest BCUT2D eigenvalue weighted by atomic mass is 35.5. The van der Waals surface area contributed by atoms with E-state index in [1.165, 1.54) is 0 Å². The van der Waals surface area contributed by atoms with Crippen molar-refractivity contribution in [1.82, 2.24) is 10.2 Å². The van der Waals surface area contributed by atoms with Crippen LogP contribution in [0.2, 0.25) is 5.02 Å². The highest BCUT2D eigenvalue weighted by Crippen LogP contribution is 2.23. The summed E-state index contributed by atoms with van der Waals surface area (Å²) in [5.74, 6) is -0.110. The van der Waals surface area contributed by atoms with Crippen LogP contribution in [-0.4, -0.2) is 55.5 Å². The van der Waals surface area contributed by atoms with Crippen molar-refractivity contribution in [2.24, 2.45) is 11.7 Å². The van der Waals surface area contributed by atoms with Crippen LogP contribution in [-0.2, 0) is 9.59 Å². The lowest BCUT2D eigenvalue weighted by Gasteiger charge is -2.36. The van der Waals surface area contributed by atoms with Crippen LogP contribution in [0.25, 0.3) is 0 Å². The molecule has 2 amide bonds. The number of hydrogen-bond donors (Lipinski definition) is 2. The number of hydrogen-bond acceptors (Lipinski definition) is 4. The maximum Gasteiger partial charge on any atom is 0.242 e. The van der Waals surface area contributed by atoms with Crippen LogP contribution in [0, 0.1) is 5.92 Å². The molecule has 0 aromatic heterocycles. The summed E-state index contributed by atoms with van der Waals surface area (Å²) in [5.41, 5.74) is 7.01. The average molecular weight is 379 g/mol. The largest absolute Gasteiger partial charge is 0.368 e. The quantitative estimate of drug-likeness (QED) is 0.834. The van der Waals surface area contributed by atoms with Gasteiger partial charge in [0.05, 0.1) is 6.54 Å². The molecule has 7 heteroatoms. The Kier molecular flexibility index (Phi) is 6.38. The van der Waals surface area contributed by atoms with Gasteiger partial charge >= 0.3 is 0 Å². The van der Waals surface area contributed by atoms with Gasteiger partial charge in [-0.2, -0.15) is 0 Å². The van der Waals surface area contributed by atoms with Gasteiger partial charge in [-0.1, -0.05) is 24.1 Å². The van der Waals surface area contributed by atoms with Gasteiger partial charge in [0, 0.05) is 48.8 Å². The summed E-state index contributed by atoms with van der Waals surface area (Å²) in [6, 6.07) is 7.86. The SMILES string of the molecule is NC1CCCC(C(=O)NCC(=O)N2CCN(c3cccc(Cl)c3)CC2)C1. The molecule has 1 aromatic rings. The number of carbonyl (C=O) groups is 2. The molecular weight excluding hydrogens is 352 g/mol. The van der Waals surface area contributed by atoms with Crippen LogP contribution in [0.1, 0.15) is 25.7 Å². The Morgan fingerprint density at radius 2 is 1.96 bits per heavy atom. The Hall–Kier alpha value is -1.79. The molecule has 1 saturated carbocycles. The maximum absolute atomic E-state index is 12.4. The number of anilines is 1. The molecular formula is C19H27ClN4O2. The molecule has 1 aliphatic heterocycles. The summed E-state index contributed by atoms with van der Waals surface area (Å²) in [5, 5.41) is 3.52. The predicted octanol–water partition coefficient (Wildman–Crippen LogP) is 1.62. The van der Waals surface area contributed by atoms with Gasteiger partial charge in [0.1, 0.15) is 0 Å². The predicted molar refractivity (Wildman–Crippen MR) is 103 cm³/mol. The summed E-state index contributed by atoms with van der Waals surface area (Å²) in [4.78, 5) is 28.7. The van der Waals surface area contributed by atoms with Crippen LogP contribution in [0.3, 0.4) is 0 Å². The van der Waals surface area contributed by atoms with Crippen molar-refractivity contribution < 1.29 is 9.59 Å². The van der Waals surface area contributed by atoms with E-state index >= 15 is 0 Å². The van der Waals surface area contributed by atoms with E-state index in [1.807, 2.05) is 29.2 Å². The van der Waals surface area contributed by atoms with E-state index < -0.39 is 0 Å². The van der Waals surface area contributed by atoms with Gasteiger partial charge in [-0.3, -0.25) is 9.59 Å². The molecule has 2 atom stereocenters. The van der Waals surface area contributed by atoms with E-state index in [0.29, 0.717) is 18.1 Å². The minimum absolute atomic E-state index is 0.0239. The van der Waals surface area contributed by atoms with Gasteiger partial charge in [-0.15, -0.1) is 0 Å². The summed E-state index contributed by atoms with van der Waals surface area (Å²) in [6.45, 7) is 2.89. The van der Waals surface area contributed by atoms with E-state index in [9.17, 15) is 9.59 Å².